The highest BCUT2D eigenvalue weighted by atomic mass is 32.2. The Morgan fingerprint density at radius 3 is 2.63 bits per heavy atom. The van der Waals surface area contributed by atoms with Gasteiger partial charge < -0.3 is 9.42 Å². The van der Waals surface area contributed by atoms with Crippen molar-refractivity contribution in [3.8, 4) is 0 Å². The Morgan fingerprint density at radius 1 is 1.13 bits per heavy atom. The molecular formula is C22H23N3O4S. The summed E-state index contributed by atoms with van der Waals surface area (Å²) in [5.74, 6) is 0.388. The highest BCUT2D eigenvalue weighted by Gasteiger charge is 2.29. The van der Waals surface area contributed by atoms with Crippen molar-refractivity contribution in [3.05, 3.63) is 82.7 Å². The van der Waals surface area contributed by atoms with Gasteiger partial charge in [0, 0.05) is 31.8 Å². The summed E-state index contributed by atoms with van der Waals surface area (Å²) in [5, 5.41) is 3.90. The van der Waals surface area contributed by atoms with E-state index in [0.717, 1.165) is 5.56 Å². The minimum atomic E-state index is -3.71. The van der Waals surface area contributed by atoms with Crippen LogP contribution in [0.4, 0.5) is 0 Å². The second kappa shape index (κ2) is 8.04. The summed E-state index contributed by atoms with van der Waals surface area (Å²) in [6.45, 7) is 2.81. The third-order valence-electron chi connectivity index (χ3n) is 5.24. The van der Waals surface area contributed by atoms with Crippen LogP contribution in [0.3, 0.4) is 0 Å². The molecule has 30 heavy (non-hydrogen) atoms. The molecule has 7 nitrogen and oxygen atoms in total. The van der Waals surface area contributed by atoms with Crippen molar-refractivity contribution in [3.63, 3.8) is 0 Å². The van der Waals surface area contributed by atoms with Crippen LogP contribution in [-0.2, 0) is 29.5 Å². The topological polar surface area (TPSA) is 83.7 Å². The number of aromatic nitrogens is 1. The Kier molecular flexibility index (Phi) is 5.44. The van der Waals surface area contributed by atoms with Crippen molar-refractivity contribution in [2.24, 2.45) is 0 Å². The maximum Gasteiger partial charge on any atom is 0.253 e. The van der Waals surface area contributed by atoms with Gasteiger partial charge in [0.1, 0.15) is 11.5 Å². The molecule has 0 bridgehead atoms. The van der Waals surface area contributed by atoms with Gasteiger partial charge in [-0.15, -0.1) is 0 Å². The molecule has 0 spiro atoms. The van der Waals surface area contributed by atoms with E-state index in [9.17, 15) is 13.2 Å². The van der Waals surface area contributed by atoms with Crippen LogP contribution in [0, 0.1) is 6.92 Å². The van der Waals surface area contributed by atoms with Gasteiger partial charge in [0.2, 0.25) is 10.0 Å². The maximum absolute atomic E-state index is 13.2. The molecule has 156 valence electrons. The molecule has 1 amide bonds. The first-order valence-corrected chi connectivity index (χ1v) is 11.1. The van der Waals surface area contributed by atoms with Gasteiger partial charge in [-0.25, -0.2) is 8.42 Å². The molecule has 2 aromatic carbocycles. The lowest BCUT2D eigenvalue weighted by atomic mass is 10.0. The number of carbonyl (C=O) groups is 1. The number of aryl methyl sites for hydroxylation is 1. The van der Waals surface area contributed by atoms with Crippen LogP contribution in [-0.4, -0.2) is 42.3 Å². The predicted molar refractivity (Wildman–Crippen MR) is 111 cm³/mol. The van der Waals surface area contributed by atoms with E-state index in [0.29, 0.717) is 36.5 Å². The number of hydrogen-bond donors (Lipinski definition) is 0. The molecule has 0 fully saturated rings. The third kappa shape index (κ3) is 4.01. The molecule has 0 saturated carbocycles. The Balaban J connectivity index is 1.54. The van der Waals surface area contributed by atoms with Crippen LogP contribution in [0.5, 0.6) is 0 Å². The van der Waals surface area contributed by atoms with Gasteiger partial charge in [-0.1, -0.05) is 35.5 Å². The summed E-state index contributed by atoms with van der Waals surface area (Å²) in [6, 6.07) is 15.8. The molecule has 0 atom stereocenters. The van der Waals surface area contributed by atoms with Gasteiger partial charge in [-0.05, 0) is 42.7 Å². The average Bonchev–Trinajstić information content (AvgIpc) is 3.17. The fourth-order valence-electron chi connectivity index (χ4n) is 3.64. The number of nitrogens with zero attached hydrogens (tertiary/aromatic N) is 3. The fraction of sp³-hybridized carbons (Fsp3) is 0.273. The van der Waals surface area contributed by atoms with Crippen LogP contribution in [0.1, 0.15) is 32.9 Å². The molecular weight excluding hydrogens is 402 g/mol. The zero-order valence-electron chi connectivity index (χ0n) is 16.9. The molecule has 1 aliphatic rings. The van der Waals surface area contributed by atoms with Gasteiger partial charge in [0.25, 0.3) is 5.91 Å². The van der Waals surface area contributed by atoms with E-state index in [2.05, 4.69) is 5.16 Å². The minimum absolute atomic E-state index is 0.124. The summed E-state index contributed by atoms with van der Waals surface area (Å²) in [5.41, 5.74) is 3.15. The van der Waals surface area contributed by atoms with Crippen LogP contribution < -0.4 is 0 Å². The molecule has 0 saturated heterocycles. The van der Waals surface area contributed by atoms with E-state index in [-0.39, 0.29) is 17.3 Å². The van der Waals surface area contributed by atoms with Crippen LogP contribution in [0.25, 0.3) is 0 Å². The first kappa shape index (κ1) is 20.3. The normalized spacial score (nSPS) is 14.3. The van der Waals surface area contributed by atoms with Crippen molar-refractivity contribution in [1.82, 2.24) is 14.4 Å². The van der Waals surface area contributed by atoms with Crippen LogP contribution in [0.15, 0.2) is 64.0 Å². The lowest BCUT2D eigenvalue weighted by Gasteiger charge is -2.28. The average molecular weight is 426 g/mol. The van der Waals surface area contributed by atoms with Gasteiger partial charge >= 0.3 is 0 Å². The number of rotatable bonds is 5. The lowest BCUT2D eigenvalue weighted by Crippen LogP contribution is -2.36. The smallest absolute Gasteiger partial charge is 0.253 e. The number of benzene rings is 2. The van der Waals surface area contributed by atoms with Crippen molar-refractivity contribution in [1.29, 1.82) is 0 Å². The number of amides is 1. The number of carbonyl (C=O) groups excluding carboxylic acids is 1. The second-order valence-corrected chi connectivity index (χ2v) is 9.41. The van der Waals surface area contributed by atoms with E-state index >= 15 is 0 Å². The predicted octanol–water partition coefficient (Wildman–Crippen LogP) is 3.00. The van der Waals surface area contributed by atoms with Crippen molar-refractivity contribution >= 4 is 15.9 Å². The maximum atomic E-state index is 13.2. The SMILES string of the molecule is Cc1cc(CN(C)C(=O)c2cccc(S(=O)(=O)N3CCc4ccccc4C3)c2)no1. The standard InChI is InChI=1S/C22H23N3O4S/c1-16-12-20(23-29-16)15-24(2)22(26)18-8-5-9-21(13-18)30(27,28)25-11-10-17-6-3-4-7-19(17)14-25/h3-9,12-13H,10-11,14-15H2,1-2H3. The van der Waals surface area contributed by atoms with Crippen LogP contribution >= 0.6 is 0 Å². The summed E-state index contributed by atoms with van der Waals surface area (Å²) < 4.78 is 32.9. The largest absolute Gasteiger partial charge is 0.361 e. The molecule has 1 aromatic heterocycles. The Bertz CT molecular complexity index is 1190. The fourth-order valence-corrected chi connectivity index (χ4v) is 5.11. The van der Waals surface area contributed by atoms with Crippen LogP contribution in [0.2, 0.25) is 0 Å². The van der Waals surface area contributed by atoms with Gasteiger partial charge in [-0.2, -0.15) is 4.31 Å². The van der Waals surface area contributed by atoms with Gasteiger partial charge in [0.05, 0.1) is 11.4 Å². The first-order chi connectivity index (χ1) is 14.3. The van der Waals surface area contributed by atoms with Gasteiger partial charge in [0.15, 0.2) is 0 Å². The zero-order chi connectivity index (χ0) is 21.3. The Labute approximate surface area is 176 Å². The molecule has 0 unspecified atom stereocenters. The number of hydrogen-bond acceptors (Lipinski definition) is 5. The Hall–Kier alpha value is -2.97. The van der Waals surface area contributed by atoms with Crippen molar-refractivity contribution < 1.29 is 17.7 Å². The van der Waals surface area contributed by atoms with E-state index < -0.39 is 10.0 Å². The van der Waals surface area contributed by atoms with E-state index in [1.165, 1.54) is 26.9 Å². The molecule has 0 radical (unpaired) electrons. The summed E-state index contributed by atoms with van der Waals surface area (Å²) in [4.78, 5) is 14.4. The molecule has 4 rings (SSSR count). The molecule has 2 heterocycles. The summed E-state index contributed by atoms with van der Waals surface area (Å²) in [7, 11) is -2.06. The highest BCUT2D eigenvalue weighted by Crippen LogP contribution is 2.25. The molecule has 3 aromatic rings. The van der Waals surface area contributed by atoms with Crippen molar-refractivity contribution in [2.75, 3.05) is 13.6 Å². The monoisotopic (exact) mass is 425 g/mol. The quantitative estimate of drug-likeness (QED) is 0.628. The Morgan fingerprint density at radius 2 is 1.90 bits per heavy atom. The third-order valence-corrected chi connectivity index (χ3v) is 7.08. The molecule has 8 heteroatoms. The zero-order valence-corrected chi connectivity index (χ0v) is 17.7. The lowest BCUT2D eigenvalue weighted by molar-refractivity contribution is 0.0782. The van der Waals surface area contributed by atoms with Gasteiger partial charge in [-0.3, -0.25) is 4.79 Å². The number of fused-ring (bicyclic) bond motifs is 1. The number of sulfonamides is 1. The first-order valence-electron chi connectivity index (χ1n) is 9.69. The highest BCUT2D eigenvalue weighted by molar-refractivity contribution is 7.89. The molecule has 0 aliphatic carbocycles. The van der Waals surface area contributed by atoms with Crippen molar-refractivity contribution in [2.45, 2.75) is 31.3 Å². The summed E-state index contributed by atoms with van der Waals surface area (Å²) in [6.07, 6.45) is 0.674. The minimum Gasteiger partial charge on any atom is -0.361 e. The summed E-state index contributed by atoms with van der Waals surface area (Å²) >= 11 is 0. The second-order valence-electron chi connectivity index (χ2n) is 7.48. The van der Waals surface area contributed by atoms with E-state index in [4.69, 9.17) is 4.52 Å². The molecule has 1 aliphatic heterocycles. The molecule has 0 N–H and O–H groups in total. The van der Waals surface area contributed by atoms with E-state index in [1.54, 1.807) is 32.2 Å². The van der Waals surface area contributed by atoms with E-state index in [1.807, 2.05) is 24.3 Å².